The van der Waals surface area contributed by atoms with Gasteiger partial charge in [0.1, 0.15) is 0 Å². The van der Waals surface area contributed by atoms with E-state index in [-0.39, 0.29) is 12.6 Å². The standard InChI is InChI=1S/C14H30O4Si2/c1-8-17-14(15)13(2)12-16-10-9-11-20(6,7)18-19(3,4)5/h2,8-12H2,1,3-7H3. The first-order chi connectivity index (χ1) is 9.07. The Morgan fingerprint density at radius 1 is 1.15 bits per heavy atom. The second-order valence-corrected chi connectivity index (χ2v) is 15.5. The number of rotatable bonds is 10. The third kappa shape index (κ3) is 10.4. The van der Waals surface area contributed by atoms with Gasteiger partial charge in [-0.25, -0.2) is 4.79 Å². The van der Waals surface area contributed by atoms with Crippen LogP contribution >= 0.6 is 0 Å². The molecule has 0 aromatic rings. The molecule has 0 spiro atoms. The summed E-state index contributed by atoms with van der Waals surface area (Å²) in [4.78, 5) is 11.3. The topological polar surface area (TPSA) is 44.8 Å². The van der Waals surface area contributed by atoms with E-state index in [4.69, 9.17) is 13.6 Å². The van der Waals surface area contributed by atoms with Crippen LogP contribution in [0.3, 0.4) is 0 Å². The lowest BCUT2D eigenvalue weighted by Crippen LogP contribution is -2.42. The summed E-state index contributed by atoms with van der Waals surface area (Å²) < 4.78 is 16.6. The minimum absolute atomic E-state index is 0.246. The van der Waals surface area contributed by atoms with Gasteiger partial charge in [-0.05, 0) is 52.1 Å². The smallest absolute Gasteiger partial charge is 0.335 e. The molecule has 0 saturated carbocycles. The molecule has 0 aromatic carbocycles. The molecule has 0 radical (unpaired) electrons. The van der Waals surface area contributed by atoms with Gasteiger partial charge in [-0.2, -0.15) is 0 Å². The van der Waals surface area contributed by atoms with Crippen LogP contribution in [0.15, 0.2) is 12.2 Å². The van der Waals surface area contributed by atoms with Crippen molar-refractivity contribution in [3.63, 3.8) is 0 Å². The van der Waals surface area contributed by atoms with Crippen molar-refractivity contribution in [2.24, 2.45) is 0 Å². The summed E-state index contributed by atoms with van der Waals surface area (Å²) in [6.45, 7) is 17.9. The van der Waals surface area contributed by atoms with E-state index in [1.165, 1.54) is 0 Å². The Labute approximate surface area is 125 Å². The Morgan fingerprint density at radius 2 is 1.75 bits per heavy atom. The molecule has 0 aliphatic rings. The zero-order valence-electron chi connectivity index (χ0n) is 13.9. The van der Waals surface area contributed by atoms with Crippen LogP contribution in [-0.4, -0.2) is 42.4 Å². The highest BCUT2D eigenvalue weighted by Gasteiger charge is 2.28. The Balaban J connectivity index is 3.81. The number of carbonyl (C=O) groups excluding carboxylic acids is 1. The molecule has 0 bridgehead atoms. The third-order valence-corrected chi connectivity index (χ3v) is 8.71. The van der Waals surface area contributed by atoms with Crippen LogP contribution in [-0.2, 0) is 18.4 Å². The van der Waals surface area contributed by atoms with Gasteiger partial charge in [-0.3, -0.25) is 0 Å². The van der Waals surface area contributed by atoms with Crippen LogP contribution in [0.1, 0.15) is 13.3 Å². The van der Waals surface area contributed by atoms with Crippen molar-refractivity contribution in [2.45, 2.75) is 52.1 Å². The van der Waals surface area contributed by atoms with E-state index in [9.17, 15) is 4.79 Å². The number of carbonyl (C=O) groups is 1. The quantitative estimate of drug-likeness (QED) is 0.267. The van der Waals surface area contributed by atoms with Crippen LogP contribution in [0.4, 0.5) is 0 Å². The van der Waals surface area contributed by atoms with E-state index in [1.54, 1.807) is 6.92 Å². The summed E-state index contributed by atoms with van der Waals surface area (Å²) in [5.74, 6) is -0.371. The number of hydrogen-bond acceptors (Lipinski definition) is 4. The first-order valence-corrected chi connectivity index (χ1v) is 13.7. The molecule has 0 fully saturated rings. The zero-order chi connectivity index (χ0) is 15.8. The molecule has 20 heavy (non-hydrogen) atoms. The molecule has 0 heterocycles. The second kappa shape index (κ2) is 8.76. The van der Waals surface area contributed by atoms with Crippen molar-refractivity contribution in [2.75, 3.05) is 19.8 Å². The van der Waals surface area contributed by atoms with Gasteiger partial charge >= 0.3 is 5.97 Å². The van der Waals surface area contributed by atoms with Crippen LogP contribution < -0.4 is 0 Å². The van der Waals surface area contributed by atoms with Crippen LogP contribution in [0.5, 0.6) is 0 Å². The van der Waals surface area contributed by atoms with Gasteiger partial charge in [-0.1, -0.05) is 6.58 Å². The van der Waals surface area contributed by atoms with Crippen molar-refractivity contribution >= 4 is 22.6 Å². The van der Waals surface area contributed by atoms with E-state index in [0.29, 0.717) is 18.8 Å². The third-order valence-electron chi connectivity index (χ3n) is 2.49. The van der Waals surface area contributed by atoms with E-state index < -0.39 is 16.6 Å². The molecule has 118 valence electrons. The lowest BCUT2D eigenvalue weighted by atomic mass is 10.3. The Bertz CT molecular complexity index is 322. The Morgan fingerprint density at radius 3 is 2.25 bits per heavy atom. The summed E-state index contributed by atoms with van der Waals surface area (Å²) in [6, 6.07) is 1.07. The predicted molar refractivity (Wildman–Crippen MR) is 87.9 cm³/mol. The number of hydrogen-bond donors (Lipinski definition) is 0. The lowest BCUT2D eigenvalue weighted by Gasteiger charge is -2.31. The molecule has 0 rings (SSSR count). The van der Waals surface area contributed by atoms with E-state index in [1.807, 2.05) is 0 Å². The summed E-state index contributed by atoms with van der Waals surface area (Å²) >= 11 is 0. The number of ether oxygens (including phenoxy) is 2. The minimum atomic E-state index is -1.58. The Kier molecular flexibility index (Phi) is 8.57. The van der Waals surface area contributed by atoms with Crippen LogP contribution in [0.2, 0.25) is 38.8 Å². The molecular formula is C14H30O4Si2. The molecule has 0 aliphatic heterocycles. The maximum Gasteiger partial charge on any atom is 0.335 e. The molecule has 6 heteroatoms. The maximum atomic E-state index is 11.3. The largest absolute Gasteiger partial charge is 0.463 e. The first kappa shape index (κ1) is 19.6. The van der Waals surface area contributed by atoms with Crippen LogP contribution in [0.25, 0.3) is 0 Å². The number of esters is 1. The normalized spacial score (nSPS) is 12.3. The van der Waals surface area contributed by atoms with Gasteiger partial charge in [-0.15, -0.1) is 0 Å². The second-order valence-electron chi connectivity index (χ2n) is 6.45. The van der Waals surface area contributed by atoms with E-state index in [0.717, 1.165) is 12.5 Å². The fourth-order valence-corrected chi connectivity index (χ4v) is 10.0. The average molecular weight is 319 g/mol. The molecule has 0 unspecified atom stereocenters. The zero-order valence-corrected chi connectivity index (χ0v) is 15.9. The van der Waals surface area contributed by atoms with Crippen molar-refractivity contribution in [3.8, 4) is 0 Å². The molecule has 0 saturated heterocycles. The Hall–Kier alpha value is -0.436. The monoisotopic (exact) mass is 318 g/mol. The average Bonchev–Trinajstić information content (AvgIpc) is 2.25. The van der Waals surface area contributed by atoms with Crippen molar-refractivity contribution < 1.29 is 18.4 Å². The van der Waals surface area contributed by atoms with Crippen molar-refractivity contribution in [3.05, 3.63) is 12.2 Å². The summed E-state index contributed by atoms with van der Waals surface area (Å²) in [5.41, 5.74) is 0.377. The molecular weight excluding hydrogens is 288 g/mol. The van der Waals surface area contributed by atoms with Gasteiger partial charge in [0, 0.05) is 6.61 Å². The highest BCUT2D eigenvalue weighted by atomic mass is 28.4. The molecule has 0 aliphatic carbocycles. The molecule has 0 amide bonds. The van der Waals surface area contributed by atoms with Gasteiger partial charge in [0.2, 0.25) is 0 Å². The molecule has 0 atom stereocenters. The minimum Gasteiger partial charge on any atom is -0.463 e. The van der Waals surface area contributed by atoms with Crippen molar-refractivity contribution in [1.29, 1.82) is 0 Å². The van der Waals surface area contributed by atoms with Crippen LogP contribution in [0, 0.1) is 0 Å². The summed E-state index contributed by atoms with van der Waals surface area (Å²) in [7, 11) is -3.04. The first-order valence-electron chi connectivity index (χ1n) is 7.20. The molecule has 0 aromatic heterocycles. The van der Waals surface area contributed by atoms with Gasteiger partial charge in [0.05, 0.1) is 18.8 Å². The van der Waals surface area contributed by atoms with E-state index in [2.05, 4.69) is 39.3 Å². The molecule has 0 N–H and O–H groups in total. The lowest BCUT2D eigenvalue weighted by molar-refractivity contribution is -0.139. The molecule has 4 nitrogen and oxygen atoms in total. The highest BCUT2D eigenvalue weighted by molar-refractivity contribution is 6.84. The summed E-state index contributed by atoms with van der Waals surface area (Å²) in [5, 5.41) is 0. The van der Waals surface area contributed by atoms with Gasteiger partial charge in [0.15, 0.2) is 16.6 Å². The van der Waals surface area contributed by atoms with Crippen molar-refractivity contribution in [1.82, 2.24) is 0 Å². The predicted octanol–water partition coefficient (Wildman–Crippen LogP) is 3.57. The van der Waals surface area contributed by atoms with E-state index >= 15 is 0 Å². The summed E-state index contributed by atoms with van der Waals surface area (Å²) in [6.07, 6.45) is 0.958. The fourth-order valence-electron chi connectivity index (χ4n) is 1.97. The van der Waals surface area contributed by atoms with Gasteiger partial charge < -0.3 is 13.6 Å². The fraction of sp³-hybridized carbons (Fsp3) is 0.786. The maximum absolute atomic E-state index is 11.3. The van der Waals surface area contributed by atoms with Gasteiger partial charge in [0.25, 0.3) is 0 Å². The highest BCUT2D eigenvalue weighted by Crippen LogP contribution is 2.19. The SMILES string of the molecule is C=C(COCCC[Si](C)(C)O[Si](C)(C)C)C(=O)OCC.